The molecule has 2 aliphatic heterocycles. The molecule has 0 unspecified atom stereocenters. The Kier molecular flexibility index (Phi) is 5.90. The van der Waals surface area contributed by atoms with E-state index in [4.69, 9.17) is 0 Å². The van der Waals surface area contributed by atoms with Gasteiger partial charge in [-0.1, -0.05) is 38.1 Å². The van der Waals surface area contributed by atoms with Crippen LogP contribution in [0.25, 0.3) is 0 Å². The number of nitrogens with one attached hydrogen (secondary N) is 1. The molecular weight excluding hydrogens is 496 g/mol. The number of hydrogen-bond donors (Lipinski definition) is 1. The second kappa shape index (κ2) is 8.97. The van der Waals surface area contributed by atoms with Gasteiger partial charge in [-0.2, -0.15) is 0 Å². The Hall–Kier alpha value is -3.61. The number of aromatic nitrogens is 1. The molecule has 1 aromatic heterocycles. The Morgan fingerprint density at radius 2 is 1.69 bits per heavy atom. The van der Waals surface area contributed by atoms with Gasteiger partial charge in [0, 0.05) is 29.8 Å². The second-order valence-corrected chi connectivity index (χ2v) is 12.3. The fourth-order valence-electron chi connectivity index (χ4n) is 6.82. The minimum absolute atomic E-state index is 0.00764. The summed E-state index contributed by atoms with van der Waals surface area (Å²) >= 11 is 0. The van der Waals surface area contributed by atoms with E-state index in [9.17, 15) is 18.4 Å². The lowest BCUT2D eigenvalue weighted by Gasteiger charge is -2.50. The SMILES string of the molecule is CC1(C)CC[C@@](C)(c2cc(F)cc(F)c2)N(CCCc2ccc3c(c2)C[C@@]2(C3)C(=O)Nc3ncccc32)C1=O. The molecule has 1 aliphatic carbocycles. The molecule has 7 heteroatoms. The van der Waals surface area contributed by atoms with Crippen LogP contribution in [-0.2, 0) is 39.8 Å². The summed E-state index contributed by atoms with van der Waals surface area (Å²) in [6, 6.07) is 13.9. The molecule has 2 amide bonds. The minimum Gasteiger partial charge on any atom is -0.333 e. The number of pyridine rings is 1. The summed E-state index contributed by atoms with van der Waals surface area (Å²) in [5.41, 5.74) is 3.06. The van der Waals surface area contributed by atoms with Gasteiger partial charge in [-0.3, -0.25) is 9.59 Å². The molecule has 3 heterocycles. The quantitative estimate of drug-likeness (QED) is 0.451. The summed E-state index contributed by atoms with van der Waals surface area (Å²) in [5, 5.41) is 2.95. The van der Waals surface area contributed by atoms with Gasteiger partial charge in [0.2, 0.25) is 11.8 Å². The molecule has 0 saturated carbocycles. The Bertz CT molecular complexity index is 1480. The molecule has 202 valence electrons. The van der Waals surface area contributed by atoms with E-state index in [1.54, 1.807) is 6.20 Å². The zero-order valence-electron chi connectivity index (χ0n) is 22.6. The van der Waals surface area contributed by atoms with Crippen molar-refractivity contribution in [1.29, 1.82) is 0 Å². The molecule has 1 fully saturated rings. The van der Waals surface area contributed by atoms with E-state index in [1.807, 2.05) is 37.8 Å². The molecule has 2 aromatic carbocycles. The maximum Gasteiger partial charge on any atom is 0.237 e. The standard InChI is InChI=1S/C32H33F2N3O2/c1-30(2)10-11-31(3,23-15-24(33)17-25(34)16-23)37(29(30)39)13-5-6-20-8-9-21-18-32(19-22(21)14-20)26-7-4-12-35-27(26)36-28(32)38/h4,7-9,12,14-17H,5-6,10-11,13,18-19H2,1-3H3,(H,35,36,38)/t31-,32+/m0/s1. The van der Waals surface area contributed by atoms with Crippen molar-refractivity contribution in [2.75, 3.05) is 11.9 Å². The molecule has 2 atom stereocenters. The highest BCUT2D eigenvalue weighted by Crippen LogP contribution is 2.47. The summed E-state index contributed by atoms with van der Waals surface area (Å²) in [5.74, 6) is -0.585. The van der Waals surface area contributed by atoms with Crippen LogP contribution in [0.15, 0.2) is 54.7 Å². The third-order valence-corrected chi connectivity index (χ3v) is 9.23. The lowest BCUT2D eigenvalue weighted by Crippen LogP contribution is -2.57. The van der Waals surface area contributed by atoms with E-state index in [2.05, 4.69) is 28.5 Å². The lowest BCUT2D eigenvalue weighted by atomic mass is 9.72. The first-order valence-corrected chi connectivity index (χ1v) is 13.7. The van der Waals surface area contributed by atoms with Crippen molar-refractivity contribution in [3.8, 4) is 0 Å². The van der Waals surface area contributed by atoms with Crippen LogP contribution in [0, 0.1) is 17.0 Å². The number of amides is 2. The third kappa shape index (κ3) is 4.14. The normalized spacial score (nSPS) is 25.1. The highest BCUT2D eigenvalue weighted by atomic mass is 19.1. The maximum atomic E-state index is 14.2. The number of rotatable bonds is 5. The molecule has 1 saturated heterocycles. The monoisotopic (exact) mass is 529 g/mol. The number of fused-ring (bicyclic) bond motifs is 3. The number of halogens is 2. The lowest BCUT2D eigenvalue weighted by molar-refractivity contribution is -0.154. The van der Waals surface area contributed by atoms with Crippen LogP contribution in [0.5, 0.6) is 0 Å². The number of hydrogen-bond acceptors (Lipinski definition) is 3. The van der Waals surface area contributed by atoms with Gasteiger partial charge in [-0.05, 0) is 85.9 Å². The molecular formula is C32H33F2N3O2. The molecule has 3 aromatic rings. The van der Waals surface area contributed by atoms with Crippen molar-refractivity contribution in [3.05, 3.63) is 94.2 Å². The topological polar surface area (TPSA) is 62.3 Å². The average Bonchev–Trinajstić information content (AvgIpc) is 3.40. The molecule has 5 nitrogen and oxygen atoms in total. The largest absolute Gasteiger partial charge is 0.333 e. The molecule has 0 radical (unpaired) electrons. The number of nitrogens with zero attached hydrogens (tertiary/aromatic N) is 2. The number of anilines is 1. The summed E-state index contributed by atoms with van der Waals surface area (Å²) in [6.07, 6.45) is 5.75. The zero-order valence-corrected chi connectivity index (χ0v) is 22.6. The van der Waals surface area contributed by atoms with E-state index in [-0.39, 0.29) is 11.8 Å². The van der Waals surface area contributed by atoms with Gasteiger partial charge >= 0.3 is 0 Å². The number of piperidine rings is 1. The van der Waals surface area contributed by atoms with E-state index in [0.29, 0.717) is 50.0 Å². The second-order valence-electron chi connectivity index (χ2n) is 12.3. The summed E-state index contributed by atoms with van der Waals surface area (Å²) in [4.78, 5) is 32.8. The fraction of sp³-hybridized carbons (Fsp3) is 0.406. The summed E-state index contributed by atoms with van der Waals surface area (Å²) < 4.78 is 28.3. The third-order valence-electron chi connectivity index (χ3n) is 9.23. The number of likely N-dealkylation sites (tertiary alicyclic amines) is 1. The van der Waals surface area contributed by atoms with Crippen molar-refractivity contribution in [3.63, 3.8) is 0 Å². The van der Waals surface area contributed by atoms with Crippen LogP contribution in [0.2, 0.25) is 0 Å². The first kappa shape index (κ1) is 25.7. The number of carbonyl (C=O) groups is 2. The van der Waals surface area contributed by atoms with Gasteiger partial charge in [-0.15, -0.1) is 0 Å². The van der Waals surface area contributed by atoms with Gasteiger partial charge < -0.3 is 10.2 Å². The van der Waals surface area contributed by atoms with Crippen molar-refractivity contribution in [2.24, 2.45) is 5.41 Å². The molecule has 0 bridgehead atoms. The van der Waals surface area contributed by atoms with E-state index >= 15 is 0 Å². The maximum absolute atomic E-state index is 14.2. The average molecular weight is 530 g/mol. The Morgan fingerprint density at radius 3 is 2.46 bits per heavy atom. The van der Waals surface area contributed by atoms with Crippen molar-refractivity contribution >= 4 is 17.6 Å². The van der Waals surface area contributed by atoms with E-state index in [0.717, 1.165) is 23.6 Å². The first-order chi connectivity index (χ1) is 18.5. The van der Waals surface area contributed by atoms with Crippen LogP contribution in [0.3, 0.4) is 0 Å². The molecule has 1 N–H and O–H groups in total. The Balaban J connectivity index is 1.20. The number of aryl methyl sites for hydroxylation is 1. The Labute approximate surface area is 227 Å². The smallest absolute Gasteiger partial charge is 0.237 e. The van der Waals surface area contributed by atoms with Crippen LogP contribution in [-0.4, -0.2) is 28.2 Å². The first-order valence-electron chi connectivity index (χ1n) is 13.7. The van der Waals surface area contributed by atoms with Gasteiger partial charge in [0.15, 0.2) is 0 Å². The molecule has 6 rings (SSSR count). The van der Waals surface area contributed by atoms with Crippen molar-refractivity contribution in [1.82, 2.24) is 9.88 Å². The molecule has 3 aliphatic rings. The minimum atomic E-state index is -0.781. The van der Waals surface area contributed by atoms with Crippen LogP contribution < -0.4 is 5.32 Å². The summed E-state index contributed by atoms with van der Waals surface area (Å²) in [6.45, 7) is 6.29. The van der Waals surface area contributed by atoms with Gasteiger partial charge in [0.1, 0.15) is 17.5 Å². The van der Waals surface area contributed by atoms with Gasteiger partial charge in [-0.25, -0.2) is 13.8 Å². The van der Waals surface area contributed by atoms with E-state index in [1.165, 1.54) is 23.3 Å². The van der Waals surface area contributed by atoms with E-state index < -0.39 is 28.0 Å². The zero-order chi connectivity index (χ0) is 27.6. The number of benzene rings is 2. The van der Waals surface area contributed by atoms with Crippen LogP contribution >= 0.6 is 0 Å². The summed E-state index contributed by atoms with van der Waals surface area (Å²) in [7, 11) is 0. The predicted molar refractivity (Wildman–Crippen MR) is 145 cm³/mol. The van der Waals surface area contributed by atoms with Crippen molar-refractivity contribution < 1.29 is 18.4 Å². The Morgan fingerprint density at radius 1 is 0.949 bits per heavy atom. The van der Waals surface area contributed by atoms with Gasteiger partial charge in [0.25, 0.3) is 0 Å². The predicted octanol–water partition coefficient (Wildman–Crippen LogP) is 5.85. The highest BCUT2D eigenvalue weighted by Gasteiger charge is 2.51. The highest BCUT2D eigenvalue weighted by molar-refractivity contribution is 6.06. The number of carbonyl (C=O) groups excluding carboxylic acids is 2. The molecule has 1 spiro atoms. The van der Waals surface area contributed by atoms with Crippen molar-refractivity contribution in [2.45, 2.75) is 70.3 Å². The molecule has 39 heavy (non-hydrogen) atoms. The fourth-order valence-corrected chi connectivity index (χ4v) is 6.82. The van der Waals surface area contributed by atoms with Crippen LogP contribution in [0.1, 0.15) is 67.9 Å². The van der Waals surface area contributed by atoms with Gasteiger partial charge in [0.05, 0.1) is 11.0 Å². The van der Waals surface area contributed by atoms with Crippen LogP contribution in [0.4, 0.5) is 14.6 Å².